The molecule has 106 valence electrons. The number of unbranched alkanes of at least 4 members (excludes halogenated alkanes) is 1. The molecule has 1 saturated heterocycles. The van der Waals surface area contributed by atoms with E-state index in [1.807, 2.05) is 12.5 Å². The molecular weight excluding hydrogens is 242 g/mol. The highest BCUT2D eigenvalue weighted by Crippen LogP contribution is 1.96. The quantitative estimate of drug-likeness (QED) is 0.619. The molecule has 0 aromatic carbocycles. The number of aromatic nitrogens is 2. The predicted molar refractivity (Wildman–Crippen MR) is 73.7 cm³/mol. The molecule has 2 atom stereocenters. The van der Waals surface area contributed by atoms with Gasteiger partial charge in [0.05, 0.1) is 12.4 Å². The molecule has 2 unspecified atom stereocenters. The molecule has 3 N–H and O–H groups in total. The van der Waals surface area contributed by atoms with E-state index in [0.717, 1.165) is 32.5 Å². The first-order valence-corrected chi connectivity index (χ1v) is 6.96. The highest BCUT2D eigenvalue weighted by molar-refractivity contribution is 5.82. The number of carbonyl (C=O) groups is 1. The molecule has 0 spiro atoms. The SMILES string of the molecule is CC1CNC(C(=O)NCCCCn2ccnc2)CN1. The minimum atomic E-state index is -0.0927. The van der Waals surface area contributed by atoms with Crippen molar-refractivity contribution in [2.45, 2.75) is 38.4 Å². The van der Waals surface area contributed by atoms with Crippen molar-refractivity contribution in [1.29, 1.82) is 0 Å². The van der Waals surface area contributed by atoms with Gasteiger partial charge in [0.2, 0.25) is 5.91 Å². The number of aryl methyl sites for hydroxylation is 1. The van der Waals surface area contributed by atoms with Crippen molar-refractivity contribution in [2.75, 3.05) is 19.6 Å². The number of rotatable bonds is 6. The Balaban J connectivity index is 1.54. The van der Waals surface area contributed by atoms with Crippen LogP contribution in [0.15, 0.2) is 18.7 Å². The van der Waals surface area contributed by atoms with Crippen LogP contribution in [0.5, 0.6) is 0 Å². The van der Waals surface area contributed by atoms with E-state index in [1.165, 1.54) is 0 Å². The number of nitrogens with one attached hydrogen (secondary N) is 3. The molecule has 0 bridgehead atoms. The van der Waals surface area contributed by atoms with Crippen LogP contribution >= 0.6 is 0 Å². The van der Waals surface area contributed by atoms with Gasteiger partial charge in [0.1, 0.15) is 0 Å². The van der Waals surface area contributed by atoms with Crippen LogP contribution in [0, 0.1) is 0 Å². The molecule has 2 heterocycles. The van der Waals surface area contributed by atoms with Gasteiger partial charge in [-0.05, 0) is 19.8 Å². The highest BCUT2D eigenvalue weighted by atomic mass is 16.2. The molecule has 1 aromatic heterocycles. The van der Waals surface area contributed by atoms with Gasteiger partial charge < -0.3 is 20.5 Å². The molecule has 6 nitrogen and oxygen atoms in total. The van der Waals surface area contributed by atoms with Crippen LogP contribution in [0.3, 0.4) is 0 Å². The summed E-state index contributed by atoms with van der Waals surface area (Å²) >= 11 is 0. The standard InChI is InChI=1S/C13H23N5O/c1-11-8-17-12(9-16-11)13(19)15-4-2-3-6-18-7-5-14-10-18/h5,7,10-12,16-17H,2-4,6,8-9H2,1H3,(H,15,19). The van der Waals surface area contributed by atoms with Gasteiger partial charge in [-0.25, -0.2) is 4.98 Å². The lowest BCUT2D eigenvalue weighted by molar-refractivity contribution is -0.123. The second kappa shape index (κ2) is 7.25. The zero-order valence-electron chi connectivity index (χ0n) is 11.4. The monoisotopic (exact) mass is 265 g/mol. The summed E-state index contributed by atoms with van der Waals surface area (Å²) < 4.78 is 2.05. The van der Waals surface area contributed by atoms with E-state index < -0.39 is 0 Å². The van der Waals surface area contributed by atoms with Crippen LogP contribution in [0.25, 0.3) is 0 Å². The predicted octanol–water partition coefficient (Wildman–Crippen LogP) is -0.271. The first-order chi connectivity index (χ1) is 9.25. The summed E-state index contributed by atoms with van der Waals surface area (Å²) in [5.41, 5.74) is 0. The lowest BCUT2D eigenvalue weighted by Crippen LogP contribution is -2.58. The Morgan fingerprint density at radius 1 is 1.42 bits per heavy atom. The van der Waals surface area contributed by atoms with E-state index in [1.54, 1.807) is 6.20 Å². The minimum absolute atomic E-state index is 0.0927. The van der Waals surface area contributed by atoms with Crippen LogP contribution in [-0.4, -0.2) is 47.2 Å². The number of hydrogen-bond acceptors (Lipinski definition) is 4. The fourth-order valence-electron chi connectivity index (χ4n) is 2.14. The molecular formula is C13H23N5O. The normalized spacial score (nSPS) is 23.2. The Bertz CT molecular complexity index is 370. The molecule has 2 rings (SSSR count). The molecule has 0 aliphatic carbocycles. The minimum Gasteiger partial charge on any atom is -0.355 e. The fourth-order valence-corrected chi connectivity index (χ4v) is 2.14. The van der Waals surface area contributed by atoms with Gasteiger partial charge >= 0.3 is 0 Å². The number of hydrogen-bond donors (Lipinski definition) is 3. The van der Waals surface area contributed by atoms with Gasteiger partial charge in [-0.1, -0.05) is 0 Å². The van der Waals surface area contributed by atoms with Crippen molar-refractivity contribution < 1.29 is 4.79 Å². The van der Waals surface area contributed by atoms with E-state index >= 15 is 0 Å². The van der Waals surface area contributed by atoms with Crippen molar-refractivity contribution >= 4 is 5.91 Å². The fraction of sp³-hybridized carbons (Fsp3) is 0.692. The summed E-state index contributed by atoms with van der Waals surface area (Å²) in [7, 11) is 0. The summed E-state index contributed by atoms with van der Waals surface area (Å²) in [4.78, 5) is 15.9. The third-order valence-electron chi connectivity index (χ3n) is 3.36. The number of piperazine rings is 1. The molecule has 1 fully saturated rings. The van der Waals surface area contributed by atoms with Gasteiger partial charge in [0, 0.05) is 44.6 Å². The van der Waals surface area contributed by atoms with E-state index in [2.05, 4.69) is 32.4 Å². The van der Waals surface area contributed by atoms with Crippen molar-refractivity contribution in [3.63, 3.8) is 0 Å². The zero-order valence-corrected chi connectivity index (χ0v) is 11.4. The summed E-state index contributed by atoms with van der Waals surface area (Å²) in [5.74, 6) is 0.0991. The van der Waals surface area contributed by atoms with Crippen molar-refractivity contribution in [3.8, 4) is 0 Å². The maximum Gasteiger partial charge on any atom is 0.238 e. The number of nitrogens with zero attached hydrogens (tertiary/aromatic N) is 2. The molecule has 1 aliphatic rings. The molecule has 6 heteroatoms. The molecule has 0 radical (unpaired) electrons. The summed E-state index contributed by atoms with van der Waals surface area (Å²) in [6.45, 7) is 5.36. The van der Waals surface area contributed by atoms with Crippen LogP contribution in [0.2, 0.25) is 0 Å². The summed E-state index contributed by atoms with van der Waals surface area (Å²) in [5, 5.41) is 9.53. The van der Waals surface area contributed by atoms with Crippen molar-refractivity contribution in [1.82, 2.24) is 25.5 Å². The largest absolute Gasteiger partial charge is 0.355 e. The molecule has 1 aromatic rings. The van der Waals surface area contributed by atoms with Gasteiger partial charge in [-0.2, -0.15) is 0 Å². The lowest BCUT2D eigenvalue weighted by atomic mass is 10.1. The van der Waals surface area contributed by atoms with E-state index in [4.69, 9.17) is 0 Å². The molecule has 1 aliphatic heterocycles. The maximum absolute atomic E-state index is 11.9. The Labute approximate surface area is 114 Å². The Kier molecular flexibility index (Phi) is 5.35. The Morgan fingerprint density at radius 3 is 3.00 bits per heavy atom. The molecule has 1 amide bonds. The van der Waals surface area contributed by atoms with Crippen molar-refractivity contribution in [2.24, 2.45) is 0 Å². The smallest absolute Gasteiger partial charge is 0.238 e. The number of imidazole rings is 1. The van der Waals surface area contributed by atoms with Crippen LogP contribution in [0.4, 0.5) is 0 Å². The van der Waals surface area contributed by atoms with Crippen molar-refractivity contribution in [3.05, 3.63) is 18.7 Å². The van der Waals surface area contributed by atoms with Crippen LogP contribution < -0.4 is 16.0 Å². The van der Waals surface area contributed by atoms with Gasteiger partial charge in [-0.15, -0.1) is 0 Å². The second-order valence-corrected chi connectivity index (χ2v) is 5.07. The third kappa shape index (κ3) is 4.65. The zero-order chi connectivity index (χ0) is 13.5. The van der Waals surface area contributed by atoms with Crippen LogP contribution in [0.1, 0.15) is 19.8 Å². The second-order valence-electron chi connectivity index (χ2n) is 5.07. The van der Waals surface area contributed by atoms with Crippen LogP contribution in [-0.2, 0) is 11.3 Å². The molecule has 19 heavy (non-hydrogen) atoms. The highest BCUT2D eigenvalue weighted by Gasteiger charge is 2.22. The first-order valence-electron chi connectivity index (χ1n) is 6.96. The summed E-state index contributed by atoms with van der Waals surface area (Å²) in [6, 6.07) is 0.351. The third-order valence-corrected chi connectivity index (χ3v) is 3.36. The average molecular weight is 265 g/mol. The van der Waals surface area contributed by atoms with E-state index in [-0.39, 0.29) is 11.9 Å². The van der Waals surface area contributed by atoms with Gasteiger partial charge in [-0.3, -0.25) is 4.79 Å². The number of carbonyl (C=O) groups excluding carboxylic acids is 1. The Hall–Kier alpha value is -1.40. The van der Waals surface area contributed by atoms with E-state index in [0.29, 0.717) is 12.6 Å². The van der Waals surface area contributed by atoms with Gasteiger partial charge in [0.15, 0.2) is 0 Å². The topological polar surface area (TPSA) is 71.0 Å². The number of amides is 1. The average Bonchev–Trinajstić information content (AvgIpc) is 2.92. The molecule has 0 saturated carbocycles. The Morgan fingerprint density at radius 2 is 2.32 bits per heavy atom. The van der Waals surface area contributed by atoms with Gasteiger partial charge in [0.25, 0.3) is 0 Å². The van der Waals surface area contributed by atoms with E-state index in [9.17, 15) is 4.79 Å². The first kappa shape index (κ1) is 14.0. The maximum atomic E-state index is 11.9. The lowest BCUT2D eigenvalue weighted by Gasteiger charge is -2.28. The summed E-state index contributed by atoms with van der Waals surface area (Å²) in [6.07, 6.45) is 7.59.